The van der Waals surface area contributed by atoms with Crippen molar-refractivity contribution < 1.29 is 14.3 Å². The van der Waals surface area contributed by atoms with E-state index < -0.39 is 0 Å². The summed E-state index contributed by atoms with van der Waals surface area (Å²) in [6.45, 7) is 9.66. The molecule has 0 aromatic heterocycles. The molecule has 0 aromatic carbocycles. The Morgan fingerprint density at radius 3 is 2.17 bits per heavy atom. The highest BCUT2D eigenvalue weighted by Gasteiger charge is 2.17. The molecule has 4 heteroatoms. The van der Waals surface area contributed by atoms with Gasteiger partial charge in [0.05, 0.1) is 6.54 Å². The molecule has 0 rings (SSSR count). The summed E-state index contributed by atoms with van der Waals surface area (Å²) in [4.78, 5) is 12.0. The van der Waals surface area contributed by atoms with Gasteiger partial charge in [-0.25, -0.2) is 0 Å². The Hall–Kier alpha value is -0.610. The molecule has 0 saturated heterocycles. The van der Waals surface area contributed by atoms with Crippen LogP contribution in [-0.4, -0.2) is 32.0 Å². The fourth-order valence-electron chi connectivity index (χ4n) is 1.84. The molecule has 0 aliphatic carbocycles. The molecule has 0 aliphatic rings. The van der Waals surface area contributed by atoms with Gasteiger partial charge in [-0.1, -0.05) is 26.7 Å². The third kappa shape index (κ3) is 7.67. The summed E-state index contributed by atoms with van der Waals surface area (Å²) >= 11 is 0. The Morgan fingerprint density at radius 2 is 1.72 bits per heavy atom. The first-order chi connectivity index (χ1) is 8.69. The van der Waals surface area contributed by atoms with E-state index in [2.05, 4.69) is 19.2 Å². The van der Waals surface area contributed by atoms with Crippen LogP contribution in [0.15, 0.2) is 0 Å². The van der Waals surface area contributed by atoms with Crippen LogP contribution in [0.1, 0.15) is 53.4 Å². The third-order valence-electron chi connectivity index (χ3n) is 2.92. The summed E-state index contributed by atoms with van der Waals surface area (Å²) < 4.78 is 10.8. The molecule has 18 heavy (non-hydrogen) atoms. The predicted octanol–water partition coefficient (Wildman–Crippen LogP) is 2.72. The zero-order valence-electron chi connectivity index (χ0n) is 12.3. The number of amides is 1. The van der Waals surface area contributed by atoms with Crippen molar-refractivity contribution in [1.29, 1.82) is 0 Å². The van der Waals surface area contributed by atoms with Crippen molar-refractivity contribution in [2.75, 3.05) is 19.8 Å². The van der Waals surface area contributed by atoms with Crippen LogP contribution in [0.3, 0.4) is 0 Å². The van der Waals surface area contributed by atoms with E-state index in [4.69, 9.17) is 9.47 Å². The summed E-state index contributed by atoms with van der Waals surface area (Å²) in [5.74, 6) is 0.240. The smallest absolute Gasteiger partial charge is 0.223 e. The molecule has 0 fully saturated rings. The summed E-state index contributed by atoms with van der Waals surface area (Å²) in [5.41, 5.74) is 0. The number of nitrogens with one attached hydrogen (secondary N) is 1. The van der Waals surface area contributed by atoms with Gasteiger partial charge in [0.2, 0.25) is 5.91 Å². The normalized spacial score (nSPS) is 12.7. The van der Waals surface area contributed by atoms with Crippen LogP contribution < -0.4 is 5.32 Å². The van der Waals surface area contributed by atoms with Crippen molar-refractivity contribution >= 4 is 5.91 Å². The maximum Gasteiger partial charge on any atom is 0.223 e. The van der Waals surface area contributed by atoms with Crippen molar-refractivity contribution in [3.05, 3.63) is 0 Å². The monoisotopic (exact) mass is 259 g/mol. The van der Waals surface area contributed by atoms with Gasteiger partial charge in [-0.2, -0.15) is 0 Å². The first kappa shape index (κ1) is 17.4. The summed E-state index contributed by atoms with van der Waals surface area (Å²) in [6, 6.07) is 0. The molecule has 108 valence electrons. The van der Waals surface area contributed by atoms with Gasteiger partial charge in [-0.3, -0.25) is 4.79 Å². The highest BCUT2D eigenvalue weighted by Crippen LogP contribution is 2.12. The van der Waals surface area contributed by atoms with E-state index in [0.29, 0.717) is 19.8 Å². The summed E-state index contributed by atoms with van der Waals surface area (Å²) in [6.07, 6.45) is 3.76. The van der Waals surface area contributed by atoms with Crippen LogP contribution in [0, 0.1) is 5.92 Å². The molecule has 0 radical (unpaired) electrons. The summed E-state index contributed by atoms with van der Waals surface area (Å²) in [5, 5.41) is 2.92. The van der Waals surface area contributed by atoms with Gasteiger partial charge in [0.1, 0.15) is 0 Å². The van der Waals surface area contributed by atoms with Crippen LogP contribution >= 0.6 is 0 Å². The molecule has 4 nitrogen and oxygen atoms in total. The van der Waals surface area contributed by atoms with Crippen molar-refractivity contribution in [3.8, 4) is 0 Å². The van der Waals surface area contributed by atoms with Gasteiger partial charge < -0.3 is 14.8 Å². The number of ether oxygens (including phenoxy) is 2. The van der Waals surface area contributed by atoms with E-state index in [1.807, 2.05) is 13.8 Å². The van der Waals surface area contributed by atoms with Crippen molar-refractivity contribution in [1.82, 2.24) is 5.32 Å². The zero-order chi connectivity index (χ0) is 13.8. The third-order valence-corrected chi connectivity index (χ3v) is 2.92. The number of hydrogen-bond acceptors (Lipinski definition) is 3. The molecule has 1 unspecified atom stereocenters. The predicted molar refractivity (Wildman–Crippen MR) is 73.4 cm³/mol. The van der Waals surface area contributed by atoms with Gasteiger partial charge in [0.15, 0.2) is 6.29 Å². The molecule has 1 amide bonds. The van der Waals surface area contributed by atoms with Crippen molar-refractivity contribution in [2.24, 2.45) is 5.92 Å². The van der Waals surface area contributed by atoms with Gasteiger partial charge in [0.25, 0.3) is 0 Å². The summed E-state index contributed by atoms with van der Waals surface area (Å²) in [7, 11) is 0. The average molecular weight is 259 g/mol. The molecule has 0 aromatic rings. The topological polar surface area (TPSA) is 47.6 Å². The minimum atomic E-state index is -0.326. The Labute approximate surface area is 111 Å². The SMILES string of the molecule is CCCCC(CC)C(=O)NCC(OCC)OCC. The Kier molecular flexibility index (Phi) is 11.1. The molecule has 0 aliphatic heterocycles. The minimum Gasteiger partial charge on any atom is -0.351 e. The molecular formula is C14H29NO3. The standard InChI is InChI=1S/C14H29NO3/c1-5-9-10-12(6-2)14(16)15-11-13(17-7-3)18-8-4/h12-13H,5-11H2,1-4H3,(H,15,16). The highest BCUT2D eigenvalue weighted by atomic mass is 16.7. The molecule has 0 saturated carbocycles. The minimum absolute atomic E-state index is 0.119. The van der Waals surface area contributed by atoms with E-state index in [1.165, 1.54) is 0 Å². The number of hydrogen-bond donors (Lipinski definition) is 1. The second-order valence-corrected chi connectivity index (χ2v) is 4.33. The fraction of sp³-hybridized carbons (Fsp3) is 0.929. The Morgan fingerprint density at radius 1 is 1.11 bits per heavy atom. The molecule has 0 heterocycles. The first-order valence-corrected chi connectivity index (χ1v) is 7.20. The fourth-order valence-corrected chi connectivity index (χ4v) is 1.84. The van der Waals surface area contributed by atoms with Crippen molar-refractivity contribution in [2.45, 2.75) is 59.7 Å². The Bertz CT molecular complexity index is 203. The molecule has 0 bridgehead atoms. The molecule has 1 N–H and O–H groups in total. The number of carbonyl (C=O) groups excluding carboxylic acids is 1. The van der Waals surface area contributed by atoms with Crippen LogP contribution in [0.4, 0.5) is 0 Å². The lowest BCUT2D eigenvalue weighted by atomic mass is 9.98. The van der Waals surface area contributed by atoms with Crippen LogP contribution in [0.5, 0.6) is 0 Å². The number of unbranched alkanes of at least 4 members (excludes halogenated alkanes) is 1. The van der Waals surface area contributed by atoms with E-state index in [9.17, 15) is 4.79 Å². The van der Waals surface area contributed by atoms with Gasteiger partial charge in [-0.05, 0) is 26.7 Å². The second kappa shape index (κ2) is 11.5. The van der Waals surface area contributed by atoms with Crippen LogP contribution in [0.2, 0.25) is 0 Å². The van der Waals surface area contributed by atoms with E-state index in [1.54, 1.807) is 0 Å². The lowest BCUT2D eigenvalue weighted by Crippen LogP contribution is -2.38. The highest BCUT2D eigenvalue weighted by molar-refractivity contribution is 5.78. The van der Waals surface area contributed by atoms with Gasteiger partial charge >= 0.3 is 0 Å². The van der Waals surface area contributed by atoms with E-state index >= 15 is 0 Å². The first-order valence-electron chi connectivity index (χ1n) is 7.20. The zero-order valence-corrected chi connectivity index (χ0v) is 12.3. The lowest BCUT2D eigenvalue weighted by Gasteiger charge is -2.20. The second-order valence-electron chi connectivity index (χ2n) is 4.33. The molecular weight excluding hydrogens is 230 g/mol. The molecule has 1 atom stereocenters. The average Bonchev–Trinajstić information content (AvgIpc) is 2.37. The van der Waals surface area contributed by atoms with Gasteiger partial charge in [0, 0.05) is 19.1 Å². The van der Waals surface area contributed by atoms with Crippen LogP contribution in [0.25, 0.3) is 0 Å². The van der Waals surface area contributed by atoms with Gasteiger partial charge in [-0.15, -0.1) is 0 Å². The number of carbonyl (C=O) groups is 1. The van der Waals surface area contributed by atoms with Crippen molar-refractivity contribution in [3.63, 3.8) is 0 Å². The van der Waals surface area contributed by atoms with E-state index in [-0.39, 0.29) is 18.1 Å². The number of rotatable bonds is 11. The Balaban J connectivity index is 4.02. The quantitative estimate of drug-likeness (QED) is 0.580. The molecule has 0 spiro atoms. The lowest BCUT2D eigenvalue weighted by molar-refractivity contribution is -0.142. The van der Waals surface area contributed by atoms with Crippen LogP contribution in [-0.2, 0) is 14.3 Å². The largest absolute Gasteiger partial charge is 0.351 e. The maximum absolute atomic E-state index is 12.0. The maximum atomic E-state index is 12.0. The van der Waals surface area contributed by atoms with E-state index in [0.717, 1.165) is 25.7 Å².